The number of anilines is 3. The molecule has 1 aliphatic carbocycles. The number of carbonyl (C=O) groups excluding carboxylic acids is 2. The first-order valence-corrected chi connectivity index (χ1v) is 9.28. The van der Waals surface area contributed by atoms with Crippen molar-refractivity contribution in [2.75, 3.05) is 17.7 Å². The smallest absolute Gasteiger partial charge is 0.228 e. The van der Waals surface area contributed by atoms with Crippen LogP contribution in [0.4, 0.5) is 17.2 Å². The zero-order chi connectivity index (χ0) is 20.3. The molecule has 1 aliphatic rings. The van der Waals surface area contributed by atoms with Gasteiger partial charge in [0.15, 0.2) is 11.5 Å². The minimum atomic E-state index is -0.0616. The molecule has 28 heavy (non-hydrogen) atoms. The van der Waals surface area contributed by atoms with Gasteiger partial charge < -0.3 is 20.8 Å². The van der Waals surface area contributed by atoms with Gasteiger partial charge in [0.1, 0.15) is 5.82 Å². The quantitative estimate of drug-likeness (QED) is 0.471. The summed E-state index contributed by atoms with van der Waals surface area (Å²) in [6.07, 6.45) is 3.61. The highest BCUT2D eigenvalue weighted by atomic mass is 16.5. The van der Waals surface area contributed by atoms with Crippen molar-refractivity contribution in [3.8, 4) is 5.75 Å². The summed E-state index contributed by atoms with van der Waals surface area (Å²) in [6.45, 7) is 3.47. The van der Waals surface area contributed by atoms with E-state index in [0.29, 0.717) is 46.2 Å². The maximum absolute atomic E-state index is 12.4. The largest absolute Gasteiger partial charge is 0.494 e. The van der Waals surface area contributed by atoms with Crippen LogP contribution in [-0.4, -0.2) is 29.5 Å². The fraction of sp³-hybridized carbons (Fsp3) is 0.333. The Hall–Kier alpha value is -3.22. The first kappa shape index (κ1) is 19.5. The van der Waals surface area contributed by atoms with E-state index in [-0.39, 0.29) is 17.6 Å². The van der Waals surface area contributed by atoms with Gasteiger partial charge in [0.05, 0.1) is 24.0 Å². The van der Waals surface area contributed by atoms with E-state index in [9.17, 15) is 9.59 Å². The SMILES string of the molecule is CCC(=O)c1cnc(NC(=O)C2CC2)cc1Nc1cccc(C(C)=N)c1OC. The Labute approximate surface area is 164 Å². The van der Waals surface area contributed by atoms with Crippen LogP contribution in [0.2, 0.25) is 0 Å². The van der Waals surface area contributed by atoms with Crippen molar-refractivity contribution >= 4 is 34.6 Å². The van der Waals surface area contributed by atoms with Gasteiger partial charge in [0, 0.05) is 35.9 Å². The molecule has 3 rings (SSSR count). The van der Waals surface area contributed by atoms with E-state index in [1.165, 1.54) is 6.20 Å². The fourth-order valence-corrected chi connectivity index (χ4v) is 2.91. The molecule has 0 bridgehead atoms. The number of nitrogens with one attached hydrogen (secondary N) is 3. The van der Waals surface area contributed by atoms with Gasteiger partial charge >= 0.3 is 0 Å². The number of nitrogens with zero attached hydrogens (tertiary/aromatic N) is 1. The minimum Gasteiger partial charge on any atom is -0.494 e. The number of pyridine rings is 1. The number of carbonyl (C=O) groups is 2. The average molecular weight is 380 g/mol. The fourth-order valence-electron chi connectivity index (χ4n) is 2.91. The van der Waals surface area contributed by atoms with Crippen LogP contribution in [0, 0.1) is 11.3 Å². The van der Waals surface area contributed by atoms with Crippen LogP contribution in [-0.2, 0) is 4.79 Å². The maximum atomic E-state index is 12.4. The number of hydrogen-bond acceptors (Lipinski definition) is 6. The lowest BCUT2D eigenvalue weighted by atomic mass is 10.1. The Morgan fingerprint density at radius 2 is 2.00 bits per heavy atom. The summed E-state index contributed by atoms with van der Waals surface area (Å²) in [6, 6.07) is 7.09. The standard InChI is InChI=1S/C21H24N4O3/c1-4-18(26)15-11-23-19(25-21(27)13-8-9-13)10-17(15)24-16-7-5-6-14(12(2)22)20(16)28-3/h5-7,10-11,13,22H,4,8-9H2,1-3H3,(H2,23,24,25,27). The van der Waals surface area contributed by atoms with Gasteiger partial charge in [0.25, 0.3) is 0 Å². The number of amides is 1. The van der Waals surface area contributed by atoms with Crippen LogP contribution in [0.25, 0.3) is 0 Å². The molecule has 0 radical (unpaired) electrons. The van der Waals surface area contributed by atoms with Crippen LogP contribution in [0.15, 0.2) is 30.5 Å². The van der Waals surface area contributed by atoms with Crippen LogP contribution >= 0.6 is 0 Å². The van der Waals surface area contributed by atoms with Gasteiger partial charge in [-0.15, -0.1) is 0 Å². The summed E-state index contributed by atoms with van der Waals surface area (Å²) >= 11 is 0. The predicted octanol–water partition coefficient (Wildman–Crippen LogP) is 4.16. The molecule has 1 heterocycles. The Bertz CT molecular complexity index is 935. The Balaban J connectivity index is 1.99. The second kappa shape index (κ2) is 8.21. The number of para-hydroxylation sites is 1. The summed E-state index contributed by atoms with van der Waals surface area (Å²) < 4.78 is 5.50. The monoisotopic (exact) mass is 380 g/mol. The van der Waals surface area contributed by atoms with Crippen molar-refractivity contribution in [2.24, 2.45) is 5.92 Å². The molecule has 0 saturated heterocycles. The van der Waals surface area contributed by atoms with Gasteiger partial charge in [-0.1, -0.05) is 13.0 Å². The van der Waals surface area contributed by atoms with Crippen molar-refractivity contribution in [1.82, 2.24) is 4.98 Å². The summed E-state index contributed by atoms with van der Waals surface area (Å²) in [7, 11) is 1.54. The lowest BCUT2D eigenvalue weighted by Gasteiger charge is -2.17. The Kier molecular flexibility index (Phi) is 5.73. The Morgan fingerprint density at radius 1 is 1.25 bits per heavy atom. The molecule has 7 nitrogen and oxygen atoms in total. The normalized spacial score (nSPS) is 13.0. The first-order chi connectivity index (χ1) is 13.4. The molecular formula is C21H24N4O3. The molecule has 0 aliphatic heterocycles. The lowest BCUT2D eigenvalue weighted by Crippen LogP contribution is -2.15. The average Bonchev–Trinajstić information content (AvgIpc) is 3.52. The lowest BCUT2D eigenvalue weighted by molar-refractivity contribution is -0.117. The van der Waals surface area contributed by atoms with Gasteiger partial charge in [-0.25, -0.2) is 4.98 Å². The van der Waals surface area contributed by atoms with Gasteiger partial charge in [-0.2, -0.15) is 0 Å². The van der Waals surface area contributed by atoms with Crippen molar-refractivity contribution in [3.05, 3.63) is 41.6 Å². The van der Waals surface area contributed by atoms with E-state index in [2.05, 4.69) is 15.6 Å². The van der Waals surface area contributed by atoms with E-state index < -0.39 is 0 Å². The number of methoxy groups -OCH3 is 1. The van der Waals surface area contributed by atoms with Crippen LogP contribution in [0.3, 0.4) is 0 Å². The molecule has 0 atom stereocenters. The van der Waals surface area contributed by atoms with Crippen molar-refractivity contribution in [3.63, 3.8) is 0 Å². The van der Waals surface area contributed by atoms with E-state index >= 15 is 0 Å². The van der Waals surface area contributed by atoms with E-state index in [0.717, 1.165) is 12.8 Å². The molecule has 146 valence electrons. The molecule has 3 N–H and O–H groups in total. The highest BCUT2D eigenvalue weighted by molar-refractivity contribution is 6.04. The third kappa shape index (κ3) is 4.19. The molecule has 1 aromatic carbocycles. The van der Waals surface area contributed by atoms with E-state index in [1.54, 1.807) is 33.1 Å². The van der Waals surface area contributed by atoms with Crippen molar-refractivity contribution in [2.45, 2.75) is 33.1 Å². The summed E-state index contributed by atoms with van der Waals surface area (Å²) in [5, 5.41) is 14.0. The second-order valence-electron chi connectivity index (χ2n) is 6.79. The molecule has 1 amide bonds. The number of rotatable bonds is 8. The van der Waals surface area contributed by atoms with Gasteiger partial charge in [0.2, 0.25) is 5.91 Å². The number of benzene rings is 1. The topological polar surface area (TPSA) is 104 Å². The third-order valence-electron chi connectivity index (χ3n) is 4.62. The van der Waals surface area contributed by atoms with Crippen molar-refractivity contribution in [1.29, 1.82) is 5.41 Å². The second-order valence-corrected chi connectivity index (χ2v) is 6.79. The number of Topliss-reactive ketones (excluding diaryl/α,β-unsaturated/α-hetero) is 1. The van der Waals surface area contributed by atoms with Crippen LogP contribution < -0.4 is 15.4 Å². The molecule has 1 saturated carbocycles. The molecule has 7 heteroatoms. The zero-order valence-corrected chi connectivity index (χ0v) is 16.3. The molecule has 2 aromatic rings. The van der Waals surface area contributed by atoms with Gasteiger partial charge in [-0.3, -0.25) is 9.59 Å². The summed E-state index contributed by atoms with van der Waals surface area (Å²) in [4.78, 5) is 28.7. The number of aromatic nitrogens is 1. The highest BCUT2D eigenvalue weighted by Gasteiger charge is 2.30. The van der Waals surface area contributed by atoms with Crippen molar-refractivity contribution < 1.29 is 14.3 Å². The maximum Gasteiger partial charge on any atom is 0.228 e. The Morgan fingerprint density at radius 3 is 2.61 bits per heavy atom. The minimum absolute atomic E-state index is 0.0490. The molecule has 0 unspecified atom stereocenters. The zero-order valence-electron chi connectivity index (χ0n) is 16.3. The van der Waals surface area contributed by atoms with Crippen LogP contribution in [0.5, 0.6) is 5.75 Å². The van der Waals surface area contributed by atoms with E-state index in [4.69, 9.17) is 10.1 Å². The summed E-state index contributed by atoms with van der Waals surface area (Å²) in [5.41, 5.74) is 2.63. The first-order valence-electron chi connectivity index (χ1n) is 9.28. The van der Waals surface area contributed by atoms with E-state index in [1.807, 2.05) is 12.1 Å². The predicted molar refractivity (Wildman–Crippen MR) is 109 cm³/mol. The molecule has 1 aromatic heterocycles. The molecule has 1 fully saturated rings. The third-order valence-corrected chi connectivity index (χ3v) is 4.62. The highest BCUT2D eigenvalue weighted by Crippen LogP contribution is 2.34. The summed E-state index contributed by atoms with van der Waals surface area (Å²) in [5.74, 6) is 0.860. The number of hydrogen-bond donors (Lipinski definition) is 3. The van der Waals surface area contributed by atoms with Gasteiger partial charge in [-0.05, 0) is 31.9 Å². The molecular weight excluding hydrogens is 356 g/mol. The molecule has 0 spiro atoms. The van der Waals surface area contributed by atoms with Crippen LogP contribution in [0.1, 0.15) is 49.0 Å². The number of ketones is 1. The number of ether oxygens (including phenoxy) is 1.